The number of hydrogen-bond donors (Lipinski definition) is 1. The molecule has 0 aliphatic heterocycles. The van der Waals surface area contributed by atoms with Crippen molar-refractivity contribution in [1.82, 2.24) is 5.32 Å². The van der Waals surface area contributed by atoms with Crippen LogP contribution < -0.4 is 10.1 Å². The lowest BCUT2D eigenvalue weighted by molar-refractivity contribution is -0.125. The zero-order valence-corrected chi connectivity index (χ0v) is 13.8. The Morgan fingerprint density at radius 1 is 1.17 bits per heavy atom. The molecule has 122 valence electrons. The minimum atomic E-state index is 0.233. The summed E-state index contributed by atoms with van der Waals surface area (Å²) in [6.45, 7) is 0.700. The molecule has 23 heavy (non-hydrogen) atoms. The lowest BCUT2D eigenvalue weighted by Gasteiger charge is -2.20. The summed E-state index contributed by atoms with van der Waals surface area (Å²) in [5.74, 6) is 1.34. The average molecular weight is 311 g/mol. The van der Waals surface area contributed by atoms with Crippen LogP contribution in [0.1, 0.15) is 37.7 Å². The van der Waals surface area contributed by atoms with Gasteiger partial charge in [-0.05, 0) is 47.7 Å². The van der Waals surface area contributed by atoms with Gasteiger partial charge >= 0.3 is 0 Å². The molecule has 1 N–H and O–H groups in total. The SMILES string of the molecule is COc1ccc2cccc(CCNC(=O)C3CCCCC3)c2c1. The topological polar surface area (TPSA) is 38.3 Å². The van der Waals surface area contributed by atoms with Gasteiger partial charge in [0.15, 0.2) is 0 Å². The summed E-state index contributed by atoms with van der Waals surface area (Å²) >= 11 is 0. The fraction of sp³-hybridized carbons (Fsp3) is 0.450. The molecular formula is C20H25NO2. The third-order valence-corrected chi connectivity index (χ3v) is 4.85. The van der Waals surface area contributed by atoms with Gasteiger partial charge in [0, 0.05) is 12.5 Å². The van der Waals surface area contributed by atoms with Crippen molar-refractivity contribution in [2.24, 2.45) is 5.92 Å². The number of carbonyl (C=O) groups is 1. The highest BCUT2D eigenvalue weighted by Crippen LogP contribution is 2.25. The van der Waals surface area contributed by atoms with Crippen molar-refractivity contribution in [1.29, 1.82) is 0 Å². The summed E-state index contributed by atoms with van der Waals surface area (Å²) in [7, 11) is 1.69. The molecule has 0 aromatic heterocycles. The van der Waals surface area contributed by atoms with Gasteiger partial charge in [-0.25, -0.2) is 0 Å². The molecule has 3 heteroatoms. The van der Waals surface area contributed by atoms with E-state index in [9.17, 15) is 4.79 Å². The van der Waals surface area contributed by atoms with Gasteiger partial charge in [0.05, 0.1) is 7.11 Å². The molecule has 2 aromatic carbocycles. The number of fused-ring (bicyclic) bond motifs is 1. The molecule has 1 aliphatic carbocycles. The third-order valence-electron chi connectivity index (χ3n) is 4.85. The summed E-state index contributed by atoms with van der Waals surface area (Å²) in [6.07, 6.45) is 6.63. The molecule has 0 saturated heterocycles. The van der Waals surface area contributed by atoms with Crippen LogP contribution in [0.4, 0.5) is 0 Å². The lowest BCUT2D eigenvalue weighted by Crippen LogP contribution is -2.33. The zero-order valence-electron chi connectivity index (χ0n) is 13.8. The summed E-state index contributed by atoms with van der Waals surface area (Å²) < 4.78 is 5.33. The first-order valence-corrected chi connectivity index (χ1v) is 8.61. The third kappa shape index (κ3) is 3.84. The maximum atomic E-state index is 12.2. The van der Waals surface area contributed by atoms with E-state index >= 15 is 0 Å². The molecule has 1 aliphatic rings. The van der Waals surface area contributed by atoms with E-state index < -0.39 is 0 Å². The van der Waals surface area contributed by atoms with Crippen LogP contribution >= 0.6 is 0 Å². The second-order valence-electron chi connectivity index (χ2n) is 6.38. The van der Waals surface area contributed by atoms with Gasteiger partial charge in [-0.2, -0.15) is 0 Å². The standard InChI is InChI=1S/C20H25NO2/c1-23-18-11-10-15-8-5-9-16(19(15)14-18)12-13-21-20(22)17-6-3-2-4-7-17/h5,8-11,14,17H,2-4,6-7,12-13H2,1H3,(H,21,22). The Morgan fingerprint density at radius 3 is 2.78 bits per heavy atom. The predicted molar refractivity (Wildman–Crippen MR) is 93.8 cm³/mol. The van der Waals surface area contributed by atoms with Gasteiger partial charge in [-0.1, -0.05) is 43.5 Å². The fourth-order valence-corrected chi connectivity index (χ4v) is 3.49. The molecule has 3 rings (SSSR count). The largest absolute Gasteiger partial charge is 0.497 e. The normalized spacial score (nSPS) is 15.5. The van der Waals surface area contributed by atoms with E-state index in [0.717, 1.165) is 25.0 Å². The van der Waals surface area contributed by atoms with Crippen LogP contribution in [0, 0.1) is 5.92 Å². The van der Waals surface area contributed by atoms with Crippen LogP contribution in [0.15, 0.2) is 36.4 Å². The highest BCUT2D eigenvalue weighted by Gasteiger charge is 2.20. The number of methoxy groups -OCH3 is 1. The molecule has 0 spiro atoms. The molecule has 1 amide bonds. The van der Waals surface area contributed by atoms with Gasteiger partial charge < -0.3 is 10.1 Å². The monoisotopic (exact) mass is 311 g/mol. The van der Waals surface area contributed by atoms with Gasteiger partial charge in [-0.3, -0.25) is 4.79 Å². The summed E-state index contributed by atoms with van der Waals surface area (Å²) in [5.41, 5.74) is 1.25. The quantitative estimate of drug-likeness (QED) is 0.903. The zero-order chi connectivity index (χ0) is 16.1. The van der Waals surface area contributed by atoms with Gasteiger partial charge in [0.25, 0.3) is 0 Å². The molecule has 0 atom stereocenters. The van der Waals surface area contributed by atoms with E-state index in [1.54, 1.807) is 7.11 Å². The second kappa shape index (κ2) is 7.49. The average Bonchev–Trinajstić information content (AvgIpc) is 2.62. The van der Waals surface area contributed by atoms with Gasteiger partial charge in [0.2, 0.25) is 5.91 Å². The van der Waals surface area contributed by atoms with Crippen molar-refractivity contribution in [3.63, 3.8) is 0 Å². The maximum Gasteiger partial charge on any atom is 0.223 e. The number of benzene rings is 2. The minimum Gasteiger partial charge on any atom is -0.497 e. The highest BCUT2D eigenvalue weighted by molar-refractivity contribution is 5.87. The Hall–Kier alpha value is -2.03. The molecule has 0 bridgehead atoms. The Balaban J connectivity index is 1.63. The number of ether oxygens (including phenoxy) is 1. The summed E-state index contributed by atoms with van der Waals surface area (Å²) in [5, 5.41) is 5.54. The number of amides is 1. The van der Waals surface area contributed by atoms with Crippen molar-refractivity contribution in [3.05, 3.63) is 42.0 Å². The van der Waals surface area contributed by atoms with Crippen LogP contribution in [0.25, 0.3) is 10.8 Å². The van der Waals surface area contributed by atoms with Crippen molar-refractivity contribution < 1.29 is 9.53 Å². The van der Waals surface area contributed by atoms with Crippen LogP contribution in [0.3, 0.4) is 0 Å². The van der Waals surface area contributed by atoms with E-state index in [-0.39, 0.29) is 11.8 Å². The summed E-state index contributed by atoms with van der Waals surface area (Å²) in [6, 6.07) is 12.5. The number of carbonyl (C=O) groups excluding carboxylic acids is 1. The Morgan fingerprint density at radius 2 is 2.00 bits per heavy atom. The maximum absolute atomic E-state index is 12.2. The molecule has 3 nitrogen and oxygen atoms in total. The Kier molecular flexibility index (Phi) is 5.16. The van der Waals surface area contributed by atoms with Crippen molar-refractivity contribution in [2.75, 3.05) is 13.7 Å². The number of hydrogen-bond acceptors (Lipinski definition) is 2. The van der Waals surface area contributed by atoms with Crippen LogP contribution in [0.2, 0.25) is 0 Å². The molecule has 1 saturated carbocycles. The Bertz CT molecular complexity index is 674. The summed E-state index contributed by atoms with van der Waals surface area (Å²) in [4.78, 5) is 12.2. The number of nitrogens with one attached hydrogen (secondary N) is 1. The van der Waals surface area contributed by atoms with Gasteiger partial charge in [0.1, 0.15) is 5.75 Å². The van der Waals surface area contributed by atoms with Crippen molar-refractivity contribution >= 4 is 16.7 Å². The van der Waals surface area contributed by atoms with Crippen molar-refractivity contribution in [2.45, 2.75) is 38.5 Å². The van der Waals surface area contributed by atoms with Crippen LogP contribution in [0.5, 0.6) is 5.75 Å². The van der Waals surface area contributed by atoms with E-state index in [0.29, 0.717) is 6.54 Å². The first-order chi connectivity index (χ1) is 11.3. The molecule has 0 unspecified atom stereocenters. The smallest absolute Gasteiger partial charge is 0.223 e. The first-order valence-electron chi connectivity index (χ1n) is 8.61. The fourth-order valence-electron chi connectivity index (χ4n) is 3.49. The molecule has 1 fully saturated rings. The molecule has 2 aromatic rings. The second-order valence-corrected chi connectivity index (χ2v) is 6.38. The number of rotatable bonds is 5. The van der Waals surface area contributed by atoms with Crippen LogP contribution in [-0.2, 0) is 11.2 Å². The lowest BCUT2D eigenvalue weighted by atomic mass is 9.88. The molecular weight excluding hydrogens is 286 g/mol. The van der Waals surface area contributed by atoms with E-state index in [1.807, 2.05) is 6.07 Å². The first kappa shape index (κ1) is 15.9. The molecule has 0 radical (unpaired) electrons. The van der Waals surface area contributed by atoms with Crippen molar-refractivity contribution in [3.8, 4) is 5.75 Å². The van der Waals surface area contributed by atoms with Crippen LogP contribution in [-0.4, -0.2) is 19.6 Å². The predicted octanol–water partition coefficient (Wildman–Crippen LogP) is 4.09. The molecule has 0 heterocycles. The van der Waals surface area contributed by atoms with E-state index in [1.165, 1.54) is 35.6 Å². The van der Waals surface area contributed by atoms with E-state index in [4.69, 9.17) is 4.74 Å². The van der Waals surface area contributed by atoms with Gasteiger partial charge in [-0.15, -0.1) is 0 Å². The minimum absolute atomic E-state index is 0.233. The Labute approximate surface area is 138 Å². The van der Waals surface area contributed by atoms with E-state index in [2.05, 4.69) is 35.6 Å². The highest BCUT2D eigenvalue weighted by atomic mass is 16.5.